The van der Waals surface area contributed by atoms with Gasteiger partial charge in [-0.15, -0.1) is 0 Å². The topological polar surface area (TPSA) is 110 Å². The van der Waals surface area contributed by atoms with E-state index in [9.17, 15) is 19.7 Å². The molecule has 0 heterocycles. The van der Waals surface area contributed by atoms with E-state index < -0.39 is 34.1 Å². The summed E-state index contributed by atoms with van der Waals surface area (Å²) < 4.78 is 0. The number of carbonyl (C=O) groups is 2. The van der Waals surface area contributed by atoms with Crippen LogP contribution >= 0.6 is 11.6 Å². The Morgan fingerprint density at radius 3 is 2.43 bits per heavy atom. The number of nitrogens with zero attached hydrogens (tertiary/aromatic N) is 1. The Morgan fingerprint density at radius 2 is 2.00 bits per heavy atom. The van der Waals surface area contributed by atoms with Crippen molar-refractivity contribution in [2.75, 3.05) is 5.32 Å². The molecule has 21 heavy (non-hydrogen) atoms. The summed E-state index contributed by atoms with van der Waals surface area (Å²) >= 11 is 5.75. The second kappa shape index (κ2) is 5.00. The molecule has 1 aromatic rings. The predicted octanol–water partition coefficient (Wildman–Crippen LogP) is 2.54. The van der Waals surface area contributed by atoms with E-state index in [-0.39, 0.29) is 10.7 Å². The zero-order valence-electron chi connectivity index (χ0n) is 11.3. The minimum Gasteiger partial charge on any atom is -0.481 e. The Labute approximate surface area is 125 Å². The van der Waals surface area contributed by atoms with Gasteiger partial charge in [0.15, 0.2) is 0 Å². The zero-order valence-corrected chi connectivity index (χ0v) is 12.0. The fourth-order valence-corrected chi connectivity index (χ4v) is 2.79. The van der Waals surface area contributed by atoms with Crippen LogP contribution in [0.25, 0.3) is 0 Å². The molecule has 0 aliphatic heterocycles. The lowest BCUT2D eigenvalue weighted by molar-refractivity contribution is -0.384. The number of nitro groups is 1. The van der Waals surface area contributed by atoms with Crippen LogP contribution in [0.1, 0.15) is 13.8 Å². The van der Waals surface area contributed by atoms with Crippen LogP contribution in [0.5, 0.6) is 0 Å². The third-order valence-corrected chi connectivity index (χ3v) is 4.09. The molecule has 1 amide bonds. The number of carboxylic acid groups (broad SMARTS) is 1. The van der Waals surface area contributed by atoms with Crippen LogP contribution in [-0.4, -0.2) is 21.9 Å². The Bertz CT molecular complexity index is 643. The number of nitro benzene ring substituents is 1. The van der Waals surface area contributed by atoms with Crippen molar-refractivity contribution in [3.05, 3.63) is 33.3 Å². The maximum absolute atomic E-state index is 12.1. The van der Waals surface area contributed by atoms with E-state index in [1.807, 2.05) is 0 Å². The summed E-state index contributed by atoms with van der Waals surface area (Å²) in [6, 6.07) is 3.81. The maximum Gasteiger partial charge on any atom is 0.307 e. The SMILES string of the molecule is CC1(C)[C@H](C(=O)O)[C@@H]1C(=O)Nc1ccc([N+](=O)[O-])c(Cl)c1. The highest BCUT2D eigenvalue weighted by Crippen LogP contribution is 2.58. The van der Waals surface area contributed by atoms with Gasteiger partial charge in [0.05, 0.1) is 16.8 Å². The maximum atomic E-state index is 12.1. The van der Waals surface area contributed by atoms with Crippen LogP contribution in [0.3, 0.4) is 0 Å². The lowest BCUT2D eigenvalue weighted by Crippen LogP contribution is -2.17. The number of carbonyl (C=O) groups excluding carboxylic acids is 1. The van der Waals surface area contributed by atoms with Crippen molar-refractivity contribution in [2.24, 2.45) is 17.3 Å². The van der Waals surface area contributed by atoms with Crippen molar-refractivity contribution in [1.82, 2.24) is 0 Å². The number of nitrogens with one attached hydrogen (secondary N) is 1. The van der Waals surface area contributed by atoms with Crippen LogP contribution < -0.4 is 5.32 Å². The standard InChI is InChI=1S/C13H13ClN2O5/c1-13(2)9(10(13)12(18)19)11(17)15-6-3-4-8(16(20)21)7(14)5-6/h3-5,9-10H,1-2H3,(H,15,17)(H,18,19)/t9-,10+/m1/s1. The smallest absolute Gasteiger partial charge is 0.307 e. The van der Waals surface area contributed by atoms with Crippen LogP contribution in [-0.2, 0) is 9.59 Å². The number of halogens is 1. The second-order valence-corrected chi connectivity index (χ2v) is 5.93. The van der Waals surface area contributed by atoms with Gasteiger partial charge in [-0.1, -0.05) is 25.4 Å². The van der Waals surface area contributed by atoms with E-state index in [0.29, 0.717) is 5.69 Å². The molecule has 0 saturated heterocycles. The molecule has 2 N–H and O–H groups in total. The molecule has 2 rings (SSSR count). The first-order valence-electron chi connectivity index (χ1n) is 6.14. The van der Waals surface area contributed by atoms with Gasteiger partial charge in [-0.05, 0) is 17.5 Å². The average Bonchev–Trinajstić information content (AvgIpc) is 2.92. The Kier molecular flexibility index (Phi) is 3.63. The van der Waals surface area contributed by atoms with Crippen LogP contribution in [0.15, 0.2) is 18.2 Å². The summed E-state index contributed by atoms with van der Waals surface area (Å²) in [5.74, 6) is -2.81. The van der Waals surface area contributed by atoms with Gasteiger partial charge in [0, 0.05) is 11.8 Å². The van der Waals surface area contributed by atoms with Gasteiger partial charge < -0.3 is 10.4 Å². The lowest BCUT2D eigenvalue weighted by atomic mass is 10.1. The monoisotopic (exact) mass is 312 g/mol. The van der Waals surface area contributed by atoms with E-state index in [0.717, 1.165) is 0 Å². The number of rotatable bonds is 4. The van der Waals surface area contributed by atoms with Gasteiger partial charge in [0.2, 0.25) is 5.91 Å². The quantitative estimate of drug-likeness (QED) is 0.655. The molecule has 8 heteroatoms. The van der Waals surface area contributed by atoms with E-state index in [1.165, 1.54) is 18.2 Å². The van der Waals surface area contributed by atoms with Gasteiger partial charge >= 0.3 is 5.97 Å². The number of amides is 1. The number of hydrogen-bond donors (Lipinski definition) is 2. The fourth-order valence-electron chi connectivity index (χ4n) is 2.54. The summed E-state index contributed by atoms with van der Waals surface area (Å²) in [5, 5.41) is 22.1. The molecule has 1 aliphatic carbocycles. The van der Waals surface area contributed by atoms with Crippen molar-refractivity contribution in [1.29, 1.82) is 0 Å². The van der Waals surface area contributed by atoms with Gasteiger partial charge in [0.1, 0.15) is 5.02 Å². The molecule has 0 bridgehead atoms. The lowest BCUT2D eigenvalue weighted by Gasteiger charge is -2.06. The molecule has 7 nitrogen and oxygen atoms in total. The molecule has 2 atom stereocenters. The largest absolute Gasteiger partial charge is 0.481 e. The molecule has 0 aromatic heterocycles. The van der Waals surface area contributed by atoms with Gasteiger partial charge in [-0.25, -0.2) is 0 Å². The fraction of sp³-hybridized carbons (Fsp3) is 0.385. The number of anilines is 1. The van der Waals surface area contributed by atoms with Gasteiger partial charge in [0.25, 0.3) is 5.69 Å². The normalized spacial score (nSPS) is 22.4. The minimum atomic E-state index is -1.01. The number of aliphatic carboxylic acids is 1. The highest BCUT2D eigenvalue weighted by Gasteiger charge is 2.65. The first-order valence-corrected chi connectivity index (χ1v) is 6.51. The van der Waals surface area contributed by atoms with Gasteiger partial charge in [-0.2, -0.15) is 0 Å². The number of carboxylic acids is 1. The van der Waals surface area contributed by atoms with Crippen molar-refractivity contribution in [3.63, 3.8) is 0 Å². The number of hydrogen-bond acceptors (Lipinski definition) is 4. The second-order valence-electron chi connectivity index (χ2n) is 5.53. The molecule has 0 unspecified atom stereocenters. The zero-order chi connectivity index (χ0) is 15.9. The van der Waals surface area contributed by atoms with Gasteiger partial charge in [-0.3, -0.25) is 19.7 Å². The Balaban J connectivity index is 2.13. The van der Waals surface area contributed by atoms with E-state index in [2.05, 4.69) is 5.32 Å². The summed E-state index contributed by atoms with van der Waals surface area (Å²) in [7, 11) is 0. The third-order valence-electron chi connectivity index (χ3n) is 3.79. The molecular formula is C13H13ClN2O5. The highest BCUT2D eigenvalue weighted by molar-refractivity contribution is 6.33. The summed E-state index contributed by atoms with van der Waals surface area (Å²) in [5.41, 5.74) is -0.576. The molecule has 1 saturated carbocycles. The first-order chi connectivity index (χ1) is 9.66. The van der Waals surface area contributed by atoms with Crippen LogP contribution in [0.4, 0.5) is 11.4 Å². The minimum absolute atomic E-state index is 0.0948. The molecule has 1 aliphatic rings. The van der Waals surface area contributed by atoms with Crippen molar-refractivity contribution in [3.8, 4) is 0 Å². The van der Waals surface area contributed by atoms with E-state index >= 15 is 0 Å². The molecule has 0 spiro atoms. The summed E-state index contributed by atoms with van der Waals surface area (Å²) in [4.78, 5) is 33.1. The van der Waals surface area contributed by atoms with Crippen LogP contribution in [0, 0.1) is 27.4 Å². The summed E-state index contributed by atoms with van der Waals surface area (Å²) in [6.45, 7) is 3.41. The molecule has 0 radical (unpaired) electrons. The van der Waals surface area contributed by atoms with Crippen molar-refractivity contribution >= 4 is 34.9 Å². The average molecular weight is 313 g/mol. The predicted molar refractivity (Wildman–Crippen MR) is 75.1 cm³/mol. The number of benzene rings is 1. The van der Waals surface area contributed by atoms with E-state index in [1.54, 1.807) is 13.8 Å². The molecule has 1 aromatic carbocycles. The van der Waals surface area contributed by atoms with Crippen LogP contribution in [0.2, 0.25) is 5.02 Å². The highest BCUT2D eigenvalue weighted by atomic mass is 35.5. The Morgan fingerprint density at radius 1 is 1.38 bits per heavy atom. The molecule has 112 valence electrons. The van der Waals surface area contributed by atoms with E-state index in [4.69, 9.17) is 16.7 Å². The van der Waals surface area contributed by atoms with Crippen molar-refractivity contribution < 1.29 is 19.6 Å². The third kappa shape index (κ3) is 2.69. The Hall–Kier alpha value is -2.15. The van der Waals surface area contributed by atoms with Crippen molar-refractivity contribution in [2.45, 2.75) is 13.8 Å². The molecule has 1 fully saturated rings. The molecular weight excluding hydrogens is 300 g/mol. The first kappa shape index (κ1) is 15.2. The summed E-state index contributed by atoms with van der Waals surface area (Å²) in [6.07, 6.45) is 0.